The lowest BCUT2D eigenvalue weighted by Crippen LogP contribution is -2.54. The van der Waals surface area contributed by atoms with Gasteiger partial charge < -0.3 is 10.2 Å². The Morgan fingerprint density at radius 2 is 2.05 bits per heavy atom. The molecular formula is C14H13F3N2O3. The number of ether oxygens (including phenoxy) is 1. The molecule has 0 saturated carbocycles. The Bertz CT molecular complexity index is 640. The van der Waals surface area contributed by atoms with Gasteiger partial charge >= 0.3 is 12.1 Å². The van der Waals surface area contributed by atoms with Crippen molar-refractivity contribution in [3.63, 3.8) is 0 Å². The number of carbonyl (C=O) groups excluding carboxylic acids is 2. The Kier molecular flexibility index (Phi) is 4.23. The number of benzene rings is 1. The highest BCUT2D eigenvalue weighted by molar-refractivity contribution is 6.12. The predicted molar refractivity (Wildman–Crippen MR) is 70.5 cm³/mol. The molecule has 0 fully saturated rings. The zero-order valence-electron chi connectivity index (χ0n) is 11.8. The maximum absolute atomic E-state index is 12.6. The van der Waals surface area contributed by atoms with Crippen LogP contribution in [-0.4, -0.2) is 29.9 Å². The first-order valence-corrected chi connectivity index (χ1v) is 6.29. The number of ketones is 1. The van der Waals surface area contributed by atoms with E-state index < -0.39 is 29.5 Å². The molecule has 1 atom stereocenters. The molecule has 1 aliphatic heterocycles. The molecule has 1 unspecified atom stereocenters. The van der Waals surface area contributed by atoms with E-state index in [-0.39, 0.29) is 5.75 Å². The minimum Gasteiger partial charge on any atom is -0.425 e. The summed E-state index contributed by atoms with van der Waals surface area (Å²) < 4.78 is 42.8. The summed E-state index contributed by atoms with van der Waals surface area (Å²) in [6.45, 7) is 1.52. The van der Waals surface area contributed by atoms with Gasteiger partial charge in [-0.2, -0.15) is 13.2 Å². The van der Waals surface area contributed by atoms with Gasteiger partial charge in [0.25, 0.3) is 0 Å². The number of nitrogens with one attached hydrogen (secondary N) is 1. The van der Waals surface area contributed by atoms with Crippen LogP contribution in [0.1, 0.15) is 12.5 Å². The summed E-state index contributed by atoms with van der Waals surface area (Å²) in [6, 6.07) is 2.67. The number of nitrogens with zero attached hydrogens (tertiary/aromatic N) is 1. The Labute approximate surface area is 124 Å². The molecule has 5 nitrogen and oxygen atoms in total. The van der Waals surface area contributed by atoms with Crippen LogP contribution in [0.25, 0.3) is 0 Å². The van der Waals surface area contributed by atoms with E-state index in [4.69, 9.17) is 4.74 Å². The molecule has 1 aromatic rings. The van der Waals surface area contributed by atoms with Crippen molar-refractivity contribution in [1.29, 1.82) is 0 Å². The quantitative estimate of drug-likeness (QED) is 0.513. The van der Waals surface area contributed by atoms with Gasteiger partial charge in [-0.3, -0.25) is 4.79 Å². The third-order valence-corrected chi connectivity index (χ3v) is 3.11. The zero-order chi connectivity index (χ0) is 16.5. The van der Waals surface area contributed by atoms with Gasteiger partial charge in [-0.15, -0.1) is 0 Å². The predicted octanol–water partition coefficient (Wildman–Crippen LogP) is 1.90. The molecule has 2 rings (SSSR count). The molecule has 0 bridgehead atoms. The summed E-state index contributed by atoms with van der Waals surface area (Å²) in [4.78, 5) is 24.0. The van der Waals surface area contributed by atoms with Crippen LogP contribution in [0.3, 0.4) is 0 Å². The first kappa shape index (κ1) is 16.0. The average molecular weight is 314 g/mol. The summed E-state index contributed by atoms with van der Waals surface area (Å²) in [6.07, 6.45) is -3.11. The van der Waals surface area contributed by atoms with Gasteiger partial charge in [0.15, 0.2) is 11.8 Å². The second-order valence-electron chi connectivity index (χ2n) is 4.78. The SMILES string of the molecule is CC1=CNN(C)C(C(=O)Oc2cccc(C(F)(F)F)c2)C1=O. The summed E-state index contributed by atoms with van der Waals surface area (Å²) >= 11 is 0. The fourth-order valence-corrected chi connectivity index (χ4v) is 1.91. The zero-order valence-corrected chi connectivity index (χ0v) is 11.8. The van der Waals surface area contributed by atoms with Crippen LogP contribution in [0.2, 0.25) is 0 Å². The topological polar surface area (TPSA) is 58.6 Å². The number of carbonyl (C=O) groups is 2. The lowest BCUT2D eigenvalue weighted by atomic mass is 10.1. The van der Waals surface area contributed by atoms with E-state index in [1.165, 1.54) is 31.2 Å². The van der Waals surface area contributed by atoms with Gasteiger partial charge in [-0.1, -0.05) is 6.07 Å². The highest BCUT2D eigenvalue weighted by Gasteiger charge is 2.36. The molecule has 1 aliphatic rings. The first-order chi connectivity index (χ1) is 10.2. The van der Waals surface area contributed by atoms with Crippen molar-refractivity contribution in [2.45, 2.75) is 19.1 Å². The highest BCUT2D eigenvalue weighted by atomic mass is 19.4. The molecule has 0 spiro atoms. The van der Waals surface area contributed by atoms with Crippen LogP contribution in [0.15, 0.2) is 36.0 Å². The number of rotatable bonds is 2. The molecule has 1 N–H and O–H groups in total. The molecule has 0 aromatic heterocycles. The van der Waals surface area contributed by atoms with Crippen LogP contribution >= 0.6 is 0 Å². The number of esters is 1. The van der Waals surface area contributed by atoms with Crippen LogP contribution < -0.4 is 10.2 Å². The lowest BCUT2D eigenvalue weighted by molar-refractivity contribution is -0.146. The van der Waals surface area contributed by atoms with Crippen molar-refractivity contribution in [3.8, 4) is 5.75 Å². The number of halogens is 3. The van der Waals surface area contributed by atoms with Crippen molar-refractivity contribution < 1.29 is 27.5 Å². The van der Waals surface area contributed by atoms with Crippen LogP contribution in [0.5, 0.6) is 5.75 Å². The Morgan fingerprint density at radius 3 is 2.68 bits per heavy atom. The molecular weight excluding hydrogens is 301 g/mol. The number of hydrogen-bond donors (Lipinski definition) is 1. The monoisotopic (exact) mass is 314 g/mol. The molecule has 0 amide bonds. The van der Waals surface area contributed by atoms with Crippen LogP contribution in [-0.2, 0) is 15.8 Å². The van der Waals surface area contributed by atoms with Crippen molar-refractivity contribution in [1.82, 2.24) is 10.4 Å². The second kappa shape index (κ2) is 5.80. The smallest absolute Gasteiger partial charge is 0.416 e. The van der Waals surface area contributed by atoms with Crippen LogP contribution in [0.4, 0.5) is 13.2 Å². The largest absolute Gasteiger partial charge is 0.425 e. The normalized spacial score (nSPS) is 19.4. The van der Waals surface area contributed by atoms with Crippen molar-refractivity contribution >= 4 is 11.8 Å². The fourth-order valence-electron chi connectivity index (χ4n) is 1.91. The van der Waals surface area contributed by atoms with Gasteiger partial charge in [-0.05, 0) is 25.1 Å². The van der Waals surface area contributed by atoms with Gasteiger partial charge in [0, 0.05) is 18.8 Å². The molecule has 8 heteroatoms. The van der Waals surface area contributed by atoms with E-state index >= 15 is 0 Å². The van der Waals surface area contributed by atoms with Gasteiger partial charge in [0.2, 0.25) is 0 Å². The Morgan fingerprint density at radius 1 is 1.36 bits per heavy atom. The van der Waals surface area contributed by atoms with Crippen LogP contribution in [0, 0.1) is 0 Å². The summed E-state index contributed by atoms with van der Waals surface area (Å²) in [5, 5.41) is 1.23. The molecule has 22 heavy (non-hydrogen) atoms. The van der Waals surface area contributed by atoms with E-state index in [1.807, 2.05) is 0 Å². The summed E-state index contributed by atoms with van der Waals surface area (Å²) in [5.41, 5.74) is 2.07. The highest BCUT2D eigenvalue weighted by Crippen LogP contribution is 2.31. The molecule has 0 aliphatic carbocycles. The number of hydrazine groups is 1. The third-order valence-electron chi connectivity index (χ3n) is 3.11. The average Bonchev–Trinajstić information content (AvgIpc) is 2.43. The molecule has 0 radical (unpaired) electrons. The van der Waals surface area contributed by atoms with Gasteiger partial charge in [0.1, 0.15) is 5.75 Å². The van der Waals surface area contributed by atoms with E-state index in [0.717, 1.165) is 12.1 Å². The van der Waals surface area contributed by atoms with E-state index in [1.54, 1.807) is 0 Å². The van der Waals surface area contributed by atoms with Gasteiger partial charge in [-0.25, -0.2) is 9.80 Å². The minimum atomic E-state index is -4.54. The van der Waals surface area contributed by atoms with E-state index in [0.29, 0.717) is 11.6 Å². The molecule has 0 saturated heterocycles. The molecule has 118 valence electrons. The maximum Gasteiger partial charge on any atom is 0.416 e. The summed E-state index contributed by atoms with van der Waals surface area (Å²) in [7, 11) is 1.46. The van der Waals surface area contributed by atoms with Crippen molar-refractivity contribution in [2.75, 3.05) is 7.05 Å². The third kappa shape index (κ3) is 3.28. The van der Waals surface area contributed by atoms with Crippen molar-refractivity contribution in [3.05, 3.63) is 41.6 Å². The second-order valence-corrected chi connectivity index (χ2v) is 4.78. The standard InChI is InChI=1S/C14H13F3N2O3/c1-8-7-18-19(2)11(12(8)20)13(21)22-10-5-3-4-9(6-10)14(15,16)17/h3-7,11,18H,1-2H3. The lowest BCUT2D eigenvalue weighted by Gasteiger charge is -2.29. The molecule has 1 heterocycles. The maximum atomic E-state index is 12.6. The fraction of sp³-hybridized carbons (Fsp3) is 0.286. The first-order valence-electron chi connectivity index (χ1n) is 6.29. The Hall–Kier alpha value is -2.35. The van der Waals surface area contributed by atoms with E-state index in [9.17, 15) is 22.8 Å². The minimum absolute atomic E-state index is 0.270. The summed E-state index contributed by atoms with van der Waals surface area (Å²) in [5.74, 6) is -1.70. The number of Topliss-reactive ketones (excluding diaryl/α,β-unsaturated/α-hetero) is 1. The Balaban J connectivity index is 2.19. The van der Waals surface area contributed by atoms with Crippen molar-refractivity contribution in [2.24, 2.45) is 0 Å². The van der Waals surface area contributed by atoms with Gasteiger partial charge in [0.05, 0.1) is 5.56 Å². The number of alkyl halides is 3. The number of hydrogen-bond acceptors (Lipinski definition) is 5. The number of likely N-dealkylation sites (N-methyl/N-ethyl adjacent to an activating group) is 1. The van der Waals surface area contributed by atoms with E-state index in [2.05, 4.69) is 5.43 Å². The molecule has 1 aromatic carbocycles.